The molecule has 0 nitrogen and oxygen atoms in total. The minimum absolute atomic E-state index is 0.0520. The van der Waals surface area contributed by atoms with Crippen molar-refractivity contribution in [3.8, 4) is 0 Å². The fraction of sp³-hybridized carbons (Fsp3) is 0.143. The maximum Gasteiger partial charge on any atom is 0.263 e. The van der Waals surface area contributed by atoms with Crippen LogP contribution in [0, 0.1) is 0 Å². The molecule has 0 spiro atoms. The highest BCUT2D eigenvalue weighted by Gasteiger charge is 2.04. The molecular weight excluding hydrogens is 186 g/mol. The molecule has 60 valence electrons. The highest BCUT2D eigenvalue weighted by Crippen LogP contribution is 2.24. The standard InChI is InChI=1S/C7H6F2S2/c8-7(9)5-1-3-6(11-10)4-2-5/h1-4,7,10H. The fourth-order valence-electron chi connectivity index (χ4n) is 0.674. The number of alkyl halides is 2. The number of hydrogen-bond donors (Lipinski definition) is 1. The van der Waals surface area contributed by atoms with Gasteiger partial charge < -0.3 is 0 Å². The lowest BCUT2D eigenvalue weighted by Crippen LogP contribution is -1.81. The molecule has 0 aliphatic rings. The van der Waals surface area contributed by atoms with Gasteiger partial charge in [-0.05, 0) is 12.1 Å². The van der Waals surface area contributed by atoms with E-state index in [2.05, 4.69) is 11.7 Å². The van der Waals surface area contributed by atoms with Gasteiger partial charge >= 0.3 is 0 Å². The largest absolute Gasteiger partial charge is 0.263 e. The van der Waals surface area contributed by atoms with Gasteiger partial charge in [-0.25, -0.2) is 8.78 Å². The molecule has 1 aromatic rings. The Hall–Kier alpha value is -0.220. The number of hydrogen-bond acceptors (Lipinski definition) is 2. The van der Waals surface area contributed by atoms with E-state index < -0.39 is 6.43 Å². The molecule has 0 heterocycles. The summed E-state index contributed by atoms with van der Waals surface area (Å²) in [5.74, 6) is 0. The molecule has 0 saturated carbocycles. The van der Waals surface area contributed by atoms with Crippen molar-refractivity contribution in [2.24, 2.45) is 0 Å². The van der Waals surface area contributed by atoms with Crippen LogP contribution in [0.4, 0.5) is 8.78 Å². The maximum atomic E-state index is 12.0. The van der Waals surface area contributed by atoms with Crippen molar-refractivity contribution in [2.45, 2.75) is 11.3 Å². The second-order valence-electron chi connectivity index (χ2n) is 1.96. The van der Waals surface area contributed by atoms with Crippen molar-refractivity contribution in [3.05, 3.63) is 29.8 Å². The number of benzene rings is 1. The molecule has 0 amide bonds. The zero-order valence-electron chi connectivity index (χ0n) is 5.50. The van der Waals surface area contributed by atoms with Crippen LogP contribution >= 0.6 is 22.5 Å². The molecule has 4 heteroatoms. The molecule has 11 heavy (non-hydrogen) atoms. The summed E-state index contributed by atoms with van der Waals surface area (Å²) in [6.45, 7) is 0. The Balaban J connectivity index is 2.83. The fourth-order valence-corrected chi connectivity index (χ4v) is 1.30. The molecule has 0 fully saturated rings. The first-order valence-electron chi connectivity index (χ1n) is 2.93. The number of rotatable bonds is 2. The van der Waals surface area contributed by atoms with Gasteiger partial charge in [-0.2, -0.15) is 0 Å². The van der Waals surface area contributed by atoms with Crippen LogP contribution in [0.1, 0.15) is 12.0 Å². The zero-order chi connectivity index (χ0) is 8.27. The van der Waals surface area contributed by atoms with Gasteiger partial charge in [-0.1, -0.05) is 22.9 Å². The van der Waals surface area contributed by atoms with Crippen LogP contribution < -0.4 is 0 Å². The predicted molar refractivity (Wildman–Crippen MR) is 46.2 cm³/mol. The topological polar surface area (TPSA) is 0 Å². The monoisotopic (exact) mass is 192 g/mol. The van der Waals surface area contributed by atoms with Gasteiger partial charge in [-0.15, -0.1) is 11.7 Å². The Kier molecular flexibility index (Phi) is 3.20. The van der Waals surface area contributed by atoms with E-state index in [1.165, 1.54) is 22.9 Å². The van der Waals surface area contributed by atoms with E-state index in [0.29, 0.717) is 0 Å². The molecule has 0 aliphatic heterocycles. The lowest BCUT2D eigenvalue weighted by atomic mass is 10.2. The summed E-state index contributed by atoms with van der Waals surface area (Å²) in [7, 11) is 1.24. The molecule has 1 aromatic carbocycles. The summed E-state index contributed by atoms with van der Waals surface area (Å²) in [6, 6.07) is 6.06. The molecule has 0 aromatic heterocycles. The average Bonchev–Trinajstić information content (AvgIpc) is 2.05. The van der Waals surface area contributed by atoms with Crippen molar-refractivity contribution < 1.29 is 8.78 Å². The SMILES string of the molecule is FC(F)c1ccc(SS)cc1. The van der Waals surface area contributed by atoms with Crippen LogP contribution in [-0.4, -0.2) is 0 Å². The third kappa shape index (κ3) is 2.38. The molecule has 0 bridgehead atoms. The minimum atomic E-state index is -2.38. The Morgan fingerprint density at radius 1 is 1.18 bits per heavy atom. The van der Waals surface area contributed by atoms with E-state index in [4.69, 9.17) is 0 Å². The normalized spacial score (nSPS) is 10.5. The van der Waals surface area contributed by atoms with Crippen molar-refractivity contribution in [3.63, 3.8) is 0 Å². The highest BCUT2D eigenvalue weighted by atomic mass is 33.1. The van der Waals surface area contributed by atoms with Crippen LogP contribution in [0.3, 0.4) is 0 Å². The van der Waals surface area contributed by atoms with Gasteiger partial charge in [0.1, 0.15) is 0 Å². The number of thiol groups is 1. The Morgan fingerprint density at radius 3 is 2.09 bits per heavy atom. The van der Waals surface area contributed by atoms with Crippen molar-refractivity contribution in [2.75, 3.05) is 0 Å². The summed E-state index contributed by atoms with van der Waals surface area (Å²) in [5, 5.41) is 0. The smallest absolute Gasteiger partial charge is 0.205 e. The number of halogens is 2. The van der Waals surface area contributed by atoms with E-state index in [0.717, 1.165) is 4.90 Å². The first-order valence-corrected chi connectivity index (χ1v) is 4.80. The summed E-state index contributed by atoms with van der Waals surface area (Å²) in [5.41, 5.74) is 0.0520. The van der Waals surface area contributed by atoms with Crippen LogP contribution in [0.25, 0.3) is 0 Å². The third-order valence-corrected chi connectivity index (χ3v) is 2.35. The Bertz CT molecular complexity index is 220. The van der Waals surface area contributed by atoms with E-state index in [9.17, 15) is 8.78 Å². The Labute approximate surface area is 72.8 Å². The predicted octanol–water partition coefficient (Wildman–Crippen LogP) is 3.56. The van der Waals surface area contributed by atoms with Crippen molar-refractivity contribution >= 4 is 22.5 Å². The van der Waals surface area contributed by atoms with E-state index in [-0.39, 0.29) is 5.56 Å². The van der Waals surface area contributed by atoms with E-state index in [1.54, 1.807) is 12.1 Å². The molecule has 0 atom stereocenters. The van der Waals surface area contributed by atoms with Gasteiger partial charge in [0.15, 0.2) is 0 Å². The maximum absolute atomic E-state index is 12.0. The van der Waals surface area contributed by atoms with Crippen LogP contribution in [0.5, 0.6) is 0 Å². The summed E-state index contributed by atoms with van der Waals surface area (Å²) in [4.78, 5) is 0.873. The molecular formula is C7H6F2S2. The van der Waals surface area contributed by atoms with Gasteiger partial charge in [0.2, 0.25) is 0 Å². The van der Waals surface area contributed by atoms with Gasteiger partial charge in [-0.3, -0.25) is 0 Å². The van der Waals surface area contributed by atoms with Crippen LogP contribution in [-0.2, 0) is 0 Å². The summed E-state index contributed by atoms with van der Waals surface area (Å²) < 4.78 is 24.0. The highest BCUT2D eigenvalue weighted by molar-refractivity contribution is 8.68. The molecule has 0 radical (unpaired) electrons. The zero-order valence-corrected chi connectivity index (χ0v) is 7.21. The van der Waals surface area contributed by atoms with Gasteiger partial charge in [0.25, 0.3) is 6.43 Å². The molecule has 0 unspecified atom stereocenters. The Morgan fingerprint density at radius 2 is 1.73 bits per heavy atom. The second-order valence-corrected chi connectivity index (χ2v) is 3.16. The summed E-state index contributed by atoms with van der Waals surface area (Å²) >= 11 is 3.93. The van der Waals surface area contributed by atoms with Crippen LogP contribution in [0.2, 0.25) is 0 Å². The van der Waals surface area contributed by atoms with Crippen LogP contribution in [0.15, 0.2) is 29.2 Å². The lowest BCUT2D eigenvalue weighted by Gasteiger charge is -1.98. The van der Waals surface area contributed by atoms with Gasteiger partial charge in [0, 0.05) is 10.5 Å². The summed E-state index contributed by atoms with van der Waals surface area (Å²) in [6.07, 6.45) is -2.38. The van der Waals surface area contributed by atoms with Crippen molar-refractivity contribution in [1.82, 2.24) is 0 Å². The molecule has 0 saturated heterocycles. The second kappa shape index (κ2) is 3.97. The van der Waals surface area contributed by atoms with E-state index >= 15 is 0 Å². The molecule has 0 N–H and O–H groups in total. The molecule has 0 aliphatic carbocycles. The van der Waals surface area contributed by atoms with E-state index in [1.807, 2.05) is 0 Å². The third-order valence-electron chi connectivity index (χ3n) is 1.24. The quantitative estimate of drug-likeness (QED) is 0.552. The molecule has 1 rings (SSSR count). The first-order chi connectivity index (χ1) is 5.24. The lowest BCUT2D eigenvalue weighted by molar-refractivity contribution is 0.151. The minimum Gasteiger partial charge on any atom is -0.205 e. The van der Waals surface area contributed by atoms with Crippen molar-refractivity contribution in [1.29, 1.82) is 0 Å². The average molecular weight is 192 g/mol. The van der Waals surface area contributed by atoms with Gasteiger partial charge in [0.05, 0.1) is 0 Å². The first kappa shape index (κ1) is 8.87.